The van der Waals surface area contributed by atoms with Gasteiger partial charge in [-0.2, -0.15) is 0 Å². The fourth-order valence-corrected chi connectivity index (χ4v) is 0.433. The molecular formula is C5H5N3O. The van der Waals surface area contributed by atoms with Crippen molar-refractivity contribution in [3.63, 3.8) is 0 Å². The summed E-state index contributed by atoms with van der Waals surface area (Å²) in [6.07, 6.45) is 5.34. The third-order valence-corrected chi connectivity index (χ3v) is 0.855. The topological polar surface area (TPSA) is 64.9 Å². The van der Waals surface area contributed by atoms with Gasteiger partial charge in [0.2, 0.25) is 0 Å². The second kappa shape index (κ2) is 2.18. The number of terminal acetylenes is 1. The molecule has 1 heterocycles. The lowest BCUT2D eigenvalue weighted by atomic mass is 10.3. The highest BCUT2D eigenvalue weighted by Gasteiger charge is 2.01. The summed E-state index contributed by atoms with van der Waals surface area (Å²) in [7, 11) is 0. The van der Waals surface area contributed by atoms with E-state index < -0.39 is 0 Å². The minimum Gasteiger partial charge on any atom is -0.379 e. The van der Waals surface area contributed by atoms with Crippen LogP contribution >= 0.6 is 0 Å². The minimum atomic E-state index is 0.271. The Balaban J connectivity index is 2.84. The Morgan fingerprint density at radius 3 is 2.89 bits per heavy atom. The lowest BCUT2D eigenvalue weighted by molar-refractivity contribution is 0.305. The van der Waals surface area contributed by atoms with Crippen molar-refractivity contribution in [2.75, 3.05) is 5.73 Å². The molecule has 0 aromatic carbocycles. The highest BCUT2D eigenvalue weighted by atomic mass is 16.6. The van der Waals surface area contributed by atoms with Gasteiger partial charge < -0.3 is 5.73 Å². The molecule has 9 heavy (non-hydrogen) atoms. The maximum atomic E-state index is 5.26. The van der Waals surface area contributed by atoms with E-state index in [9.17, 15) is 0 Å². The lowest BCUT2D eigenvalue weighted by Gasteiger charge is -1.80. The molecule has 0 spiro atoms. The summed E-state index contributed by atoms with van der Waals surface area (Å²) < 4.78 is 4.28. The fraction of sp³-hybridized carbons (Fsp3) is 0.200. The minimum absolute atomic E-state index is 0.271. The van der Waals surface area contributed by atoms with E-state index in [4.69, 9.17) is 12.2 Å². The molecule has 0 saturated carbocycles. The summed E-state index contributed by atoms with van der Waals surface area (Å²) in [4.78, 5) is 0. The van der Waals surface area contributed by atoms with Gasteiger partial charge in [-0.3, -0.25) is 0 Å². The van der Waals surface area contributed by atoms with E-state index >= 15 is 0 Å². The number of nitrogens with two attached hydrogens (primary N) is 1. The zero-order valence-corrected chi connectivity index (χ0v) is 4.66. The monoisotopic (exact) mass is 123 g/mol. The molecule has 0 aliphatic carbocycles. The normalized spacial score (nSPS) is 8.78. The summed E-state index contributed by atoms with van der Waals surface area (Å²) >= 11 is 0. The van der Waals surface area contributed by atoms with Gasteiger partial charge >= 0.3 is 0 Å². The van der Waals surface area contributed by atoms with Gasteiger partial charge in [-0.1, -0.05) is 5.16 Å². The van der Waals surface area contributed by atoms with Crippen LogP contribution in [0.2, 0.25) is 0 Å². The molecule has 1 aromatic heterocycles. The van der Waals surface area contributed by atoms with Crippen LogP contribution in [-0.4, -0.2) is 10.3 Å². The molecule has 0 aliphatic rings. The summed E-state index contributed by atoms with van der Waals surface area (Å²) in [5, 5.41) is 6.78. The van der Waals surface area contributed by atoms with Gasteiger partial charge in [0, 0.05) is 0 Å². The zero-order chi connectivity index (χ0) is 6.69. The summed E-state index contributed by atoms with van der Waals surface area (Å²) in [6, 6.07) is 0. The molecule has 0 fully saturated rings. The van der Waals surface area contributed by atoms with Crippen LogP contribution in [0.15, 0.2) is 4.63 Å². The Kier molecular flexibility index (Phi) is 1.36. The molecule has 0 unspecified atom stereocenters. The quantitative estimate of drug-likeness (QED) is 0.526. The maximum Gasteiger partial charge on any atom is 0.192 e. The average molecular weight is 123 g/mol. The molecule has 4 nitrogen and oxygen atoms in total. The van der Waals surface area contributed by atoms with Crippen LogP contribution in [0.4, 0.5) is 5.82 Å². The molecule has 0 bridgehead atoms. The van der Waals surface area contributed by atoms with Crippen LogP contribution in [0, 0.1) is 12.3 Å². The van der Waals surface area contributed by atoms with Crippen molar-refractivity contribution < 1.29 is 4.63 Å². The van der Waals surface area contributed by atoms with Gasteiger partial charge in [0.05, 0.1) is 6.42 Å². The van der Waals surface area contributed by atoms with Crippen molar-refractivity contribution in [2.24, 2.45) is 0 Å². The number of hydrogen-bond donors (Lipinski definition) is 1. The van der Waals surface area contributed by atoms with Gasteiger partial charge in [-0.05, 0) is 5.16 Å². The molecular weight excluding hydrogens is 118 g/mol. The summed E-state index contributed by atoms with van der Waals surface area (Å²) in [5.74, 6) is 2.64. The van der Waals surface area contributed by atoms with E-state index in [1.54, 1.807) is 0 Å². The van der Waals surface area contributed by atoms with Crippen molar-refractivity contribution in [3.05, 3.63) is 5.69 Å². The SMILES string of the molecule is C#CCc1nonc1N. The molecule has 0 aliphatic heterocycles. The third kappa shape index (κ3) is 0.995. The van der Waals surface area contributed by atoms with E-state index in [2.05, 4.69) is 20.9 Å². The van der Waals surface area contributed by atoms with Crippen molar-refractivity contribution in [3.8, 4) is 12.3 Å². The molecule has 0 atom stereocenters. The highest BCUT2D eigenvalue weighted by molar-refractivity contribution is 5.33. The van der Waals surface area contributed by atoms with Crippen molar-refractivity contribution in [2.45, 2.75) is 6.42 Å². The first-order valence-electron chi connectivity index (χ1n) is 2.35. The lowest BCUT2D eigenvalue weighted by Crippen LogP contribution is -1.90. The third-order valence-electron chi connectivity index (χ3n) is 0.855. The van der Waals surface area contributed by atoms with Crippen LogP contribution in [0.5, 0.6) is 0 Å². The van der Waals surface area contributed by atoms with E-state index in [0.717, 1.165) is 0 Å². The molecule has 2 N–H and O–H groups in total. The Hall–Kier alpha value is -1.50. The van der Waals surface area contributed by atoms with Gasteiger partial charge in [-0.25, -0.2) is 4.63 Å². The predicted molar refractivity (Wildman–Crippen MR) is 31.2 cm³/mol. The fourth-order valence-electron chi connectivity index (χ4n) is 0.433. The Bertz CT molecular complexity index is 235. The number of aromatic nitrogens is 2. The molecule has 46 valence electrons. The standard InChI is InChI=1S/C5H5N3O/c1-2-3-4-5(6)8-9-7-4/h1H,3H2,(H2,6,8). The van der Waals surface area contributed by atoms with Crippen LogP contribution in [-0.2, 0) is 6.42 Å². The molecule has 0 radical (unpaired) electrons. The first-order chi connectivity index (χ1) is 4.34. The summed E-state index contributed by atoms with van der Waals surface area (Å²) in [5.41, 5.74) is 5.79. The molecule has 4 heteroatoms. The Morgan fingerprint density at radius 1 is 1.67 bits per heavy atom. The zero-order valence-electron chi connectivity index (χ0n) is 4.66. The first-order valence-corrected chi connectivity index (χ1v) is 2.35. The summed E-state index contributed by atoms with van der Waals surface area (Å²) in [6.45, 7) is 0. The Morgan fingerprint density at radius 2 is 2.44 bits per heavy atom. The number of anilines is 1. The van der Waals surface area contributed by atoms with Crippen molar-refractivity contribution >= 4 is 5.82 Å². The first kappa shape index (κ1) is 5.63. The highest BCUT2D eigenvalue weighted by Crippen LogP contribution is 2.02. The van der Waals surface area contributed by atoms with Crippen LogP contribution in [0.3, 0.4) is 0 Å². The Labute approximate surface area is 52.0 Å². The van der Waals surface area contributed by atoms with Gasteiger partial charge in [0.15, 0.2) is 5.82 Å². The number of rotatable bonds is 1. The van der Waals surface area contributed by atoms with E-state index in [1.165, 1.54) is 0 Å². The van der Waals surface area contributed by atoms with E-state index in [-0.39, 0.29) is 5.82 Å². The van der Waals surface area contributed by atoms with Gasteiger partial charge in [0.1, 0.15) is 5.69 Å². The van der Waals surface area contributed by atoms with Crippen LogP contribution in [0.1, 0.15) is 5.69 Å². The predicted octanol–water partition coefficient (Wildman–Crippen LogP) is -0.172. The smallest absolute Gasteiger partial charge is 0.192 e. The van der Waals surface area contributed by atoms with Gasteiger partial charge in [-0.15, -0.1) is 12.3 Å². The molecule has 1 rings (SSSR count). The number of nitrogen functional groups attached to an aromatic ring is 1. The van der Waals surface area contributed by atoms with E-state index in [1.807, 2.05) is 0 Å². The van der Waals surface area contributed by atoms with Crippen molar-refractivity contribution in [1.82, 2.24) is 10.3 Å². The maximum absolute atomic E-state index is 5.26. The van der Waals surface area contributed by atoms with Gasteiger partial charge in [0.25, 0.3) is 0 Å². The number of hydrogen-bond acceptors (Lipinski definition) is 4. The largest absolute Gasteiger partial charge is 0.379 e. The number of nitrogens with zero attached hydrogens (tertiary/aromatic N) is 2. The average Bonchev–Trinajstić information content (AvgIpc) is 2.18. The molecule has 1 aromatic rings. The second-order valence-electron chi connectivity index (χ2n) is 1.48. The van der Waals surface area contributed by atoms with E-state index in [0.29, 0.717) is 12.1 Å². The molecule has 0 saturated heterocycles. The second-order valence-corrected chi connectivity index (χ2v) is 1.48. The van der Waals surface area contributed by atoms with Crippen molar-refractivity contribution in [1.29, 1.82) is 0 Å². The van der Waals surface area contributed by atoms with Crippen LogP contribution < -0.4 is 5.73 Å². The van der Waals surface area contributed by atoms with Crippen LogP contribution in [0.25, 0.3) is 0 Å². The molecule has 0 amide bonds.